The number of rotatable bonds is 8. The summed E-state index contributed by atoms with van der Waals surface area (Å²) in [7, 11) is 1.55. The van der Waals surface area contributed by atoms with Crippen molar-refractivity contribution in [3.8, 4) is 5.75 Å². The van der Waals surface area contributed by atoms with Gasteiger partial charge in [-0.05, 0) is 61.0 Å². The Bertz CT molecular complexity index is 991. The maximum Gasteiger partial charge on any atom is 0.258 e. The fourth-order valence-corrected chi connectivity index (χ4v) is 3.01. The fourth-order valence-electron chi connectivity index (χ4n) is 3.01. The molecule has 0 radical (unpaired) electrons. The predicted molar refractivity (Wildman–Crippen MR) is 114 cm³/mol. The Hall–Kier alpha value is -3.67. The third-order valence-electron chi connectivity index (χ3n) is 4.58. The largest absolute Gasteiger partial charge is 0.497 e. The van der Waals surface area contributed by atoms with Crippen molar-refractivity contribution < 1.29 is 18.7 Å². The molecule has 0 bridgehead atoms. The van der Waals surface area contributed by atoms with Crippen molar-refractivity contribution in [2.24, 2.45) is 0 Å². The topological polar surface area (TPSA) is 58.6 Å². The zero-order valence-electron chi connectivity index (χ0n) is 16.7. The summed E-state index contributed by atoms with van der Waals surface area (Å²) in [6.45, 7) is 0.800. The number of nitrogens with zero attached hydrogens (tertiary/aromatic N) is 1. The first-order valence-electron chi connectivity index (χ1n) is 9.63. The third kappa shape index (κ3) is 5.44. The molecule has 0 atom stereocenters. The average Bonchev–Trinajstić information content (AvgIpc) is 2.79. The van der Waals surface area contributed by atoms with E-state index in [0.717, 1.165) is 5.69 Å². The highest BCUT2D eigenvalue weighted by atomic mass is 19.1. The smallest absolute Gasteiger partial charge is 0.258 e. The first-order valence-corrected chi connectivity index (χ1v) is 9.63. The van der Waals surface area contributed by atoms with E-state index in [2.05, 4.69) is 5.32 Å². The van der Waals surface area contributed by atoms with Crippen molar-refractivity contribution in [1.82, 2.24) is 5.32 Å². The third-order valence-corrected chi connectivity index (χ3v) is 4.58. The number of methoxy groups -OCH3 is 1. The monoisotopic (exact) mass is 406 g/mol. The summed E-state index contributed by atoms with van der Waals surface area (Å²) < 4.78 is 18.4. The SMILES string of the molecule is COc1cccc(C(=O)NCCCN(C(=O)c2ccc(F)cc2)c2ccccc2)c1. The molecule has 5 nitrogen and oxygen atoms in total. The van der Waals surface area contributed by atoms with Crippen LogP contribution in [0.1, 0.15) is 27.1 Å². The number of benzene rings is 3. The minimum atomic E-state index is -0.391. The summed E-state index contributed by atoms with van der Waals surface area (Å²) in [4.78, 5) is 26.9. The van der Waals surface area contributed by atoms with Crippen molar-refractivity contribution in [2.45, 2.75) is 6.42 Å². The highest BCUT2D eigenvalue weighted by molar-refractivity contribution is 6.06. The van der Waals surface area contributed by atoms with E-state index < -0.39 is 5.82 Å². The van der Waals surface area contributed by atoms with Crippen molar-refractivity contribution in [2.75, 3.05) is 25.1 Å². The van der Waals surface area contributed by atoms with Crippen LogP contribution in [0.4, 0.5) is 10.1 Å². The molecule has 0 fully saturated rings. The normalized spacial score (nSPS) is 10.3. The standard InChI is InChI=1S/C24H23FN2O3/c1-30-22-10-5-7-19(17-22)23(28)26-15-6-16-27(21-8-3-2-4-9-21)24(29)18-11-13-20(25)14-12-18/h2-5,7-14,17H,6,15-16H2,1H3,(H,26,28). The van der Waals surface area contributed by atoms with Crippen molar-refractivity contribution in [3.63, 3.8) is 0 Å². The average molecular weight is 406 g/mol. The van der Waals surface area contributed by atoms with Gasteiger partial charge in [0.1, 0.15) is 11.6 Å². The molecule has 154 valence electrons. The number of carbonyl (C=O) groups is 2. The quantitative estimate of drug-likeness (QED) is 0.568. The summed E-state index contributed by atoms with van der Waals surface area (Å²) in [6.07, 6.45) is 0.553. The lowest BCUT2D eigenvalue weighted by atomic mass is 10.1. The van der Waals surface area contributed by atoms with Crippen molar-refractivity contribution >= 4 is 17.5 Å². The van der Waals surface area contributed by atoms with Crippen molar-refractivity contribution in [1.29, 1.82) is 0 Å². The lowest BCUT2D eigenvalue weighted by Crippen LogP contribution is -2.34. The molecule has 2 amide bonds. The molecule has 6 heteroatoms. The molecule has 1 N–H and O–H groups in total. The summed E-state index contributed by atoms with van der Waals surface area (Å²) >= 11 is 0. The van der Waals surface area contributed by atoms with Crippen LogP contribution in [0.15, 0.2) is 78.9 Å². The molecular formula is C24H23FN2O3. The Morgan fingerprint density at radius 2 is 1.67 bits per heavy atom. The summed E-state index contributed by atoms with van der Waals surface area (Å²) in [5.41, 5.74) is 1.66. The number of hydrogen-bond acceptors (Lipinski definition) is 3. The van der Waals surface area contributed by atoms with Gasteiger partial charge >= 0.3 is 0 Å². The lowest BCUT2D eigenvalue weighted by Gasteiger charge is -2.23. The summed E-state index contributed by atoms with van der Waals surface area (Å²) in [5, 5.41) is 2.86. The molecule has 0 unspecified atom stereocenters. The zero-order valence-corrected chi connectivity index (χ0v) is 16.7. The number of nitrogens with one attached hydrogen (secondary N) is 1. The number of amides is 2. The van der Waals surface area contributed by atoms with Gasteiger partial charge in [-0.15, -0.1) is 0 Å². The highest BCUT2D eigenvalue weighted by Crippen LogP contribution is 2.18. The minimum absolute atomic E-state index is 0.204. The number of carbonyl (C=O) groups excluding carboxylic acids is 2. The van der Waals surface area contributed by atoms with Gasteiger partial charge in [0.2, 0.25) is 0 Å². The number of ether oxygens (including phenoxy) is 1. The van der Waals surface area contributed by atoms with Crippen molar-refractivity contribution in [3.05, 3.63) is 95.8 Å². The Kier molecular flexibility index (Phi) is 7.16. The van der Waals surface area contributed by atoms with Gasteiger partial charge in [-0.25, -0.2) is 4.39 Å². The summed E-state index contributed by atoms with van der Waals surface area (Å²) in [5.74, 6) is -0.203. The van der Waals surface area contributed by atoms with Gasteiger partial charge in [0, 0.05) is 29.9 Å². The van der Waals surface area contributed by atoms with Gasteiger partial charge in [0.05, 0.1) is 7.11 Å². The molecule has 30 heavy (non-hydrogen) atoms. The van der Waals surface area contributed by atoms with E-state index in [9.17, 15) is 14.0 Å². The molecule has 3 aromatic carbocycles. The molecule has 0 aliphatic carbocycles. The van der Waals surface area contributed by atoms with Crippen LogP contribution in [0.3, 0.4) is 0 Å². The predicted octanol–water partition coefficient (Wildman–Crippen LogP) is 4.30. The molecule has 0 spiro atoms. The minimum Gasteiger partial charge on any atom is -0.497 e. The Balaban J connectivity index is 1.63. The number of anilines is 1. The molecule has 0 saturated carbocycles. The van der Waals surface area contributed by atoms with E-state index >= 15 is 0 Å². The number of halogens is 1. The summed E-state index contributed by atoms with van der Waals surface area (Å²) in [6, 6.07) is 21.7. The highest BCUT2D eigenvalue weighted by Gasteiger charge is 2.17. The Morgan fingerprint density at radius 1 is 0.933 bits per heavy atom. The van der Waals surface area contributed by atoms with Gasteiger partial charge in [-0.2, -0.15) is 0 Å². The number of para-hydroxylation sites is 1. The first kappa shape index (κ1) is 21.0. The van der Waals surface area contributed by atoms with E-state index in [4.69, 9.17) is 4.74 Å². The van der Waals surface area contributed by atoms with Crippen LogP contribution >= 0.6 is 0 Å². The second-order valence-corrected chi connectivity index (χ2v) is 6.64. The Morgan fingerprint density at radius 3 is 2.37 bits per heavy atom. The molecule has 0 aliphatic rings. The number of hydrogen-bond donors (Lipinski definition) is 1. The van der Waals surface area contributed by atoms with E-state index in [-0.39, 0.29) is 11.8 Å². The van der Waals surface area contributed by atoms with Crippen LogP contribution in [0.2, 0.25) is 0 Å². The van der Waals surface area contributed by atoms with E-state index in [1.165, 1.54) is 24.3 Å². The van der Waals surface area contributed by atoms with Crippen LogP contribution in [0.5, 0.6) is 5.75 Å². The molecule has 0 aliphatic heterocycles. The van der Waals surface area contributed by atoms with E-state index in [1.807, 2.05) is 30.3 Å². The molecule has 0 heterocycles. The van der Waals surface area contributed by atoms with Gasteiger partial charge in [0.15, 0.2) is 0 Å². The fraction of sp³-hybridized carbons (Fsp3) is 0.167. The second-order valence-electron chi connectivity index (χ2n) is 6.64. The van der Waals surface area contributed by atoms with Crippen LogP contribution < -0.4 is 15.0 Å². The van der Waals surface area contributed by atoms with E-state index in [0.29, 0.717) is 36.4 Å². The second kappa shape index (κ2) is 10.2. The maximum absolute atomic E-state index is 13.2. The zero-order chi connectivity index (χ0) is 21.3. The molecule has 3 aromatic rings. The first-order chi connectivity index (χ1) is 14.6. The molecular weight excluding hydrogens is 383 g/mol. The molecule has 0 aromatic heterocycles. The van der Waals surface area contributed by atoms with Crippen LogP contribution in [-0.2, 0) is 0 Å². The molecule has 3 rings (SSSR count). The van der Waals surface area contributed by atoms with Gasteiger partial charge in [-0.1, -0.05) is 24.3 Å². The van der Waals surface area contributed by atoms with Gasteiger partial charge in [-0.3, -0.25) is 9.59 Å². The lowest BCUT2D eigenvalue weighted by molar-refractivity contribution is 0.0953. The maximum atomic E-state index is 13.2. The Labute approximate surface area is 175 Å². The van der Waals surface area contributed by atoms with Gasteiger partial charge < -0.3 is 15.0 Å². The van der Waals surface area contributed by atoms with E-state index in [1.54, 1.807) is 36.3 Å². The van der Waals surface area contributed by atoms with Crippen LogP contribution in [0, 0.1) is 5.82 Å². The molecule has 0 saturated heterocycles. The van der Waals surface area contributed by atoms with Crippen LogP contribution in [-0.4, -0.2) is 32.0 Å². The van der Waals surface area contributed by atoms with Gasteiger partial charge in [0.25, 0.3) is 11.8 Å². The van der Waals surface area contributed by atoms with Crippen LogP contribution in [0.25, 0.3) is 0 Å².